The summed E-state index contributed by atoms with van der Waals surface area (Å²) in [5.41, 5.74) is 10.9. The van der Waals surface area contributed by atoms with Gasteiger partial charge in [0, 0.05) is 31.3 Å². The summed E-state index contributed by atoms with van der Waals surface area (Å²) >= 11 is 1.86. The van der Waals surface area contributed by atoms with Gasteiger partial charge in [-0.15, -0.1) is 11.3 Å². The van der Waals surface area contributed by atoms with E-state index in [0.29, 0.717) is 0 Å². The van der Waals surface area contributed by atoms with Gasteiger partial charge in [-0.1, -0.05) is 111 Å². The first-order valence-corrected chi connectivity index (χ1v) is 18.3. The molecule has 2 aliphatic rings. The van der Waals surface area contributed by atoms with Crippen molar-refractivity contribution in [1.29, 1.82) is 0 Å². The highest BCUT2D eigenvalue weighted by atomic mass is 32.1. The van der Waals surface area contributed by atoms with Crippen LogP contribution in [0.3, 0.4) is 0 Å². The van der Waals surface area contributed by atoms with Crippen molar-refractivity contribution in [3.05, 3.63) is 145 Å². The average molecular weight is 670 g/mol. The number of para-hydroxylation sites is 2. The van der Waals surface area contributed by atoms with E-state index < -0.39 is 18.3 Å². The molecule has 7 aromatic rings. The third-order valence-electron chi connectivity index (χ3n) is 11.3. The Hall–Kier alpha value is -4.68. The SMILES string of the molecule is CC1(C)c2ccccc2N(c2cccc(-c3cc(B4OC(C)(C)C(C)(C)O4)cc(-c4cccc5c4sc4ccccc45)c3)c2)c2ccccc21. The molecule has 1 saturated heterocycles. The van der Waals surface area contributed by atoms with Gasteiger partial charge >= 0.3 is 7.12 Å². The zero-order valence-electron chi connectivity index (χ0n) is 29.5. The van der Waals surface area contributed by atoms with Gasteiger partial charge in [0.05, 0.1) is 22.6 Å². The van der Waals surface area contributed by atoms with Crippen LogP contribution in [-0.4, -0.2) is 18.3 Å². The molecule has 3 nitrogen and oxygen atoms in total. The van der Waals surface area contributed by atoms with Crippen molar-refractivity contribution in [2.45, 2.75) is 58.2 Å². The van der Waals surface area contributed by atoms with E-state index in [1.807, 2.05) is 11.3 Å². The van der Waals surface area contributed by atoms with E-state index >= 15 is 0 Å². The molecule has 0 aliphatic carbocycles. The summed E-state index contributed by atoms with van der Waals surface area (Å²) in [5.74, 6) is 0. The molecule has 1 fully saturated rings. The number of anilines is 3. The molecule has 0 amide bonds. The largest absolute Gasteiger partial charge is 0.494 e. The molecule has 0 radical (unpaired) electrons. The van der Waals surface area contributed by atoms with Crippen molar-refractivity contribution in [1.82, 2.24) is 0 Å². The summed E-state index contributed by atoms with van der Waals surface area (Å²) in [6.07, 6.45) is 0. The number of nitrogens with zero attached hydrogens (tertiary/aromatic N) is 1. The fourth-order valence-corrected chi connectivity index (χ4v) is 9.07. The van der Waals surface area contributed by atoms with Crippen LogP contribution in [0.15, 0.2) is 133 Å². The minimum atomic E-state index is -0.480. The topological polar surface area (TPSA) is 21.7 Å². The Balaban J connectivity index is 1.23. The van der Waals surface area contributed by atoms with E-state index in [1.165, 1.54) is 48.2 Å². The number of hydrogen-bond acceptors (Lipinski definition) is 4. The Kier molecular flexibility index (Phi) is 6.99. The van der Waals surface area contributed by atoms with E-state index in [2.05, 4.69) is 180 Å². The molecule has 0 unspecified atom stereocenters. The molecule has 0 bridgehead atoms. The molecule has 0 saturated carbocycles. The fraction of sp³-hybridized carbons (Fsp3) is 0.200. The lowest BCUT2D eigenvalue weighted by Crippen LogP contribution is -2.41. The van der Waals surface area contributed by atoms with Crippen molar-refractivity contribution < 1.29 is 9.31 Å². The zero-order chi connectivity index (χ0) is 34.4. The Bertz CT molecular complexity index is 2390. The Labute approximate surface area is 299 Å². The minimum Gasteiger partial charge on any atom is -0.399 e. The number of rotatable bonds is 4. The molecule has 1 aromatic heterocycles. The summed E-state index contributed by atoms with van der Waals surface area (Å²) in [6, 6.07) is 48.9. The molecule has 0 atom stereocenters. The van der Waals surface area contributed by atoms with Crippen LogP contribution in [0.4, 0.5) is 17.1 Å². The van der Waals surface area contributed by atoms with Gasteiger partial charge in [-0.2, -0.15) is 0 Å². The van der Waals surface area contributed by atoms with Gasteiger partial charge in [-0.05, 0) is 103 Å². The molecule has 2 aliphatic heterocycles. The van der Waals surface area contributed by atoms with Crippen LogP contribution in [0, 0.1) is 0 Å². The van der Waals surface area contributed by atoms with Gasteiger partial charge in [-0.3, -0.25) is 0 Å². The van der Waals surface area contributed by atoms with E-state index in [4.69, 9.17) is 9.31 Å². The predicted octanol–water partition coefficient (Wildman–Crippen LogP) is 11.8. The summed E-state index contributed by atoms with van der Waals surface area (Å²) < 4.78 is 15.9. The van der Waals surface area contributed by atoms with Crippen molar-refractivity contribution in [3.63, 3.8) is 0 Å². The number of fused-ring (bicyclic) bond motifs is 5. The quantitative estimate of drug-likeness (QED) is 0.174. The van der Waals surface area contributed by atoms with Crippen LogP contribution in [0.5, 0.6) is 0 Å². The fourth-order valence-electron chi connectivity index (χ4n) is 7.84. The van der Waals surface area contributed by atoms with Gasteiger partial charge in [0.1, 0.15) is 0 Å². The first-order valence-electron chi connectivity index (χ1n) is 17.5. The second-order valence-corrected chi connectivity index (χ2v) is 16.3. The van der Waals surface area contributed by atoms with Gasteiger partial charge < -0.3 is 14.2 Å². The first kappa shape index (κ1) is 31.3. The van der Waals surface area contributed by atoms with Gasteiger partial charge in [0.15, 0.2) is 0 Å². The normalized spacial score (nSPS) is 17.2. The predicted molar refractivity (Wildman–Crippen MR) is 213 cm³/mol. The van der Waals surface area contributed by atoms with Crippen molar-refractivity contribution in [2.24, 2.45) is 0 Å². The van der Waals surface area contributed by atoms with Crippen molar-refractivity contribution >= 4 is 61.2 Å². The zero-order valence-corrected chi connectivity index (χ0v) is 30.3. The van der Waals surface area contributed by atoms with Gasteiger partial charge in [-0.25, -0.2) is 0 Å². The van der Waals surface area contributed by atoms with Crippen LogP contribution < -0.4 is 10.4 Å². The number of hydrogen-bond donors (Lipinski definition) is 0. The van der Waals surface area contributed by atoms with Crippen LogP contribution in [0.25, 0.3) is 42.4 Å². The van der Waals surface area contributed by atoms with E-state index in [9.17, 15) is 0 Å². The van der Waals surface area contributed by atoms with Crippen molar-refractivity contribution in [2.75, 3.05) is 4.90 Å². The van der Waals surface area contributed by atoms with Crippen LogP contribution in [0.2, 0.25) is 0 Å². The summed E-state index contributed by atoms with van der Waals surface area (Å²) in [5, 5.41) is 2.59. The highest BCUT2D eigenvalue weighted by Crippen LogP contribution is 2.52. The molecule has 9 rings (SSSR count). The van der Waals surface area contributed by atoms with Crippen LogP contribution >= 0.6 is 11.3 Å². The van der Waals surface area contributed by atoms with Gasteiger partial charge in [0.25, 0.3) is 0 Å². The van der Waals surface area contributed by atoms with Crippen molar-refractivity contribution in [3.8, 4) is 22.3 Å². The third-order valence-corrected chi connectivity index (χ3v) is 12.5. The maximum absolute atomic E-state index is 6.66. The molecule has 50 heavy (non-hydrogen) atoms. The van der Waals surface area contributed by atoms with E-state index in [1.54, 1.807) is 0 Å². The lowest BCUT2D eigenvalue weighted by Gasteiger charge is -2.42. The second kappa shape index (κ2) is 11.2. The second-order valence-electron chi connectivity index (χ2n) is 15.3. The molecule has 246 valence electrons. The lowest BCUT2D eigenvalue weighted by molar-refractivity contribution is 0.00578. The lowest BCUT2D eigenvalue weighted by atomic mass is 9.73. The maximum Gasteiger partial charge on any atom is 0.494 e. The van der Waals surface area contributed by atoms with E-state index in [0.717, 1.165) is 27.8 Å². The molecular formula is C45H40BNO2S. The number of thiophene rings is 1. The third kappa shape index (κ3) is 4.79. The monoisotopic (exact) mass is 669 g/mol. The van der Waals surface area contributed by atoms with Gasteiger partial charge in [0.2, 0.25) is 0 Å². The Morgan fingerprint density at radius 2 is 1.14 bits per heavy atom. The van der Waals surface area contributed by atoms with Crippen LogP contribution in [-0.2, 0) is 14.7 Å². The summed E-state index contributed by atoms with van der Waals surface area (Å²) in [7, 11) is -0.480. The minimum absolute atomic E-state index is 0.110. The standard InChI is InChI=1S/C45H40BNO2S/c1-43(2)37-20-8-10-22-39(37)47(40-23-11-9-21-38(40)43)33-16-13-15-29(28-33)30-25-31(27-32(26-30)46-48-44(3,4)45(5,6)49-46)34-18-14-19-36-35-17-7-12-24-41(35)50-42(34)36/h7-28H,1-6H3. The summed E-state index contributed by atoms with van der Waals surface area (Å²) in [6.45, 7) is 13.1. The highest BCUT2D eigenvalue weighted by molar-refractivity contribution is 7.26. The molecule has 6 aromatic carbocycles. The Morgan fingerprint density at radius 3 is 1.86 bits per heavy atom. The Morgan fingerprint density at radius 1 is 0.540 bits per heavy atom. The molecule has 3 heterocycles. The summed E-state index contributed by atoms with van der Waals surface area (Å²) in [4.78, 5) is 2.43. The molecule has 0 N–H and O–H groups in total. The highest BCUT2D eigenvalue weighted by Gasteiger charge is 2.52. The van der Waals surface area contributed by atoms with E-state index in [-0.39, 0.29) is 5.41 Å². The maximum atomic E-state index is 6.66. The molecule has 5 heteroatoms. The molecular weight excluding hydrogens is 629 g/mol. The average Bonchev–Trinajstić information content (AvgIpc) is 3.61. The number of benzene rings is 6. The molecule has 0 spiro atoms. The smallest absolute Gasteiger partial charge is 0.399 e. The first-order chi connectivity index (χ1) is 24.0. The van der Waals surface area contributed by atoms with Crippen LogP contribution in [0.1, 0.15) is 52.7 Å².